The van der Waals surface area contributed by atoms with E-state index in [2.05, 4.69) is 46.9 Å². The molecule has 0 atom stereocenters. The normalized spacial score (nSPS) is 14.6. The minimum Gasteiger partial charge on any atom is -0.492 e. The summed E-state index contributed by atoms with van der Waals surface area (Å²) in [7, 11) is 0. The summed E-state index contributed by atoms with van der Waals surface area (Å²) in [6.07, 6.45) is 2.02. The summed E-state index contributed by atoms with van der Waals surface area (Å²) in [5.74, 6) is 1.10. The summed E-state index contributed by atoms with van der Waals surface area (Å²) < 4.78 is 7.59. The third-order valence-corrected chi connectivity index (χ3v) is 5.00. The molecule has 8 heteroatoms. The summed E-state index contributed by atoms with van der Waals surface area (Å²) in [6.45, 7) is 9.01. The number of halogens is 1. The highest BCUT2D eigenvalue weighted by Gasteiger charge is 2.22. The van der Waals surface area contributed by atoms with Gasteiger partial charge < -0.3 is 15.4 Å². The number of carbonyl (C=O) groups is 1. The first-order chi connectivity index (χ1) is 13.1. The largest absolute Gasteiger partial charge is 0.492 e. The summed E-state index contributed by atoms with van der Waals surface area (Å²) in [4.78, 5) is 12.4. The van der Waals surface area contributed by atoms with Gasteiger partial charge in [-0.15, -0.1) is 17.5 Å². The minimum absolute atomic E-state index is 0. The Morgan fingerprint density at radius 2 is 1.96 bits per heavy atom. The van der Waals surface area contributed by atoms with Crippen LogP contribution in [0.4, 0.5) is 0 Å². The van der Waals surface area contributed by atoms with Crippen molar-refractivity contribution in [2.24, 2.45) is 0 Å². The van der Waals surface area contributed by atoms with E-state index in [0.717, 1.165) is 37.4 Å². The number of carbonyl (C=O) groups excluding carboxylic acids is 1. The van der Waals surface area contributed by atoms with Gasteiger partial charge >= 0.3 is 0 Å². The van der Waals surface area contributed by atoms with Crippen LogP contribution >= 0.6 is 12.4 Å². The zero-order valence-electron chi connectivity index (χ0n) is 16.8. The fraction of sp³-hybridized carbons (Fsp3) is 0.550. The van der Waals surface area contributed by atoms with Crippen molar-refractivity contribution in [1.82, 2.24) is 25.6 Å². The molecular weight excluding hydrogens is 378 g/mol. The average molecular weight is 408 g/mol. The molecule has 2 heterocycles. The Labute approximate surface area is 172 Å². The number of hydrogen-bond donors (Lipinski definition) is 2. The summed E-state index contributed by atoms with van der Waals surface area (Å²) in [5, 5.41) is 14.5. The highest BCUT2D eigenvalue weighted by Crippen LogP contribution is 2.20. The lowest BCUT2D eigenvalue weighted by atomic mass is 10.0. The van der Waals surface area contributed by atoms with E-state index in [1.165, 1.54) is 5.56 Å². The van der Waals surface area contributed by atoms with Gasteiger partial charge in [-0.2, -0.15) is 0 Å². The first kappa shape index (κ1) is 22.2. The lowest BCUT2D eigenvalue weighted by molar-refractivity contribution is 0.0941. The number of hydrogen-bond acceptors (Lipinski definition) is 5. The maximum Gasteiger partial charge on any atom is 0.273 e. The summed E-state index contributed by atoms with van der Waals surface area (Å²) in [6, 6.07) is 8.39. The third kappa shape index (κ3) is 5.45. The molecule has 1 saturated heterocycles. The van der Waals surface area contributed by atoms with Crippen molar-refractivity contribution in [1.29, 1.82) is 0 Å². The van der Waals surface area contributed by atoms with E-state index in [0.29, 0.717) is 30.8 Å². The quantitative estimate of drug-likeness (QED) is 0.690. The molecular formula is C20H30ClN5O2. The zero-order valence-corrected chi connectivity index (χ0v) is 17.6. The van der Waals surface area contributed by atoms with Gasteiger partial charge in [-0.1, -0.05) is 31.2 Å². The topological polar surface area (TPSA) is 81.1 Å². The van der Waals surface area contributed by atoms with Gasteiger partial charge in [0.25, 0.3) is 5.91 Å². The number of amides is 1. The molecule has 0 aliphatic carbocycles. The molecule has 1 aliphatic rings. The van der Waals surface area contributed by atoms with Gasteiger partial charge in [0, 0.05) is 0 Å². The van der Waals surface area contributed by atoms with Gasteiger partial charge in [0.1, 0.15) is 12.4 Å². The van der Waals surface area contributed by atoms with Crippen LogP contribution in [0.5, 0.6) is 5.75 Å². The molecule has 0 bridgehead atoms. The summed E-state index contributed by atoms with van der Waals surface area (Å²) >= 11 is 0. The van der Waals surface area contributed by atoms with E-state index in [1.54, 1.807) is 0 Å². The van der Waals surface area contributed by atoms with Crippen LogP contribution in [0, 0.1) is 6.92 Å². The lowest BCUT2D eigenvalue weighted by Gasteiger charge is -2.23. The van der Waals surface area contributed by atoms with Crippen LogP contribution in [-0.2, 0) is 0 Å². The van der Waals surface area contributed by atoms with Crippen molar-refractivity contribution in [3.8, 4) is 5.75 Å². The second-order valence-corrected chi connectivity index (χ2v) is 7.28. The number of nitrogens with zero attached hydrogens (tertiary/aromatic N) is 3. The van der Waals surface area contributed by atoms with Crippen molar-refractivity contribution in [3.63, 3.8) is 0 Å². The molecule has 28 heavy (non-hydrogen) atoms. The Balaban J connectivity index is 0.00000280. The van der Waals surface area contributed by atoms with E-state index in [9.17, 15) is 4.79 Å². The van der Waals surface area contributed by atoms with Gasteiger partial charge in [0.05, 0.1) is 18.3 Å². The van der Waals surface area contributed by atoms with E-state index < -0.39 is 0 Å². The van der Waals surface area contributed by atoms with Gasteiger partial charge in [0.2, 0.25) is 0 Å². The van der Waals surface area contributed by atoms with Gasteiger partial charge in [-0.05, 0) is 56.5 Å². The molecule has 0 unspecified atom stereocenters. The average Bonchev–Trinajstić information content (AvgIpc) is 3.07. The molecule has 7 nitrogen and oxygen atoms in total. The molecule has 0 saturated carbocycles. The molecule has 0 radical (unpaired) electrons. The molecule has 154 valence electrons. The van der Waals surface area contributed by atoms with Crippen LogP contribution in [0.2, 0.25) is 0 Å². The maximum absolute atomic E-state index is 12.4. The number of rotatable bonds is 7. The second-order valence-electron chi connectivity index (χ2n) is 7.28. The second kappa shape index (κ2) is 10.4. The van der Waals surface area contributed by atoms with E-state index >= 15 is 0 Å². The van der Waals surface area contributed by atoms with Crippen molar-refractivity contribution < 1.29 is 9.53 Å². The molecule has 3 rings (SSSR count). The highest BCUT2D eigenvalue weighted by atomic mass is 35.5. The number of piperidine rings is 1. The van der Waals surface area contributed by atoms with Gasteiger partial charge in [-0.25, -0.2) is 4.68 Å². The monoisotopic (exact) mass is 407 g/mol. The van der Waals surface area contributed by atoms with Crippen LogP contribution < -0.4 is 15.4 Å². The minimum atomic E-state index is -0.202. The van der Waals surface area contributed by atoms with Crippen LogP contribution in [0.1, 0.15) is 60.4 Å². The van der Waals surface area contributed by atoms with Gasteiger partial charge in [-0.3, -0.25) is 4.79 Å². The Hall–Kier alpha value is -2.12. The Bertz CT molecular complexity index is 754. The molecule has 2 N–H and O–H groups in total. The molecule has 2 aromatic rings. The van der Waals surface area contributed by atoms with E-state index in [4.69, 9.17) is 4.74 Å². The van der Waals surface area contributed by atoms with Crippen LogP contribution in [0.25, 0.3) is 0 Å². The summed E-state index contributed by atoms with van der Waals surface area (Å²) in [5.41, 5.74) is 2.50. The lowest BCUT2D eigenvalue weighted by Crippen LogP contribution is -2.31. The van der Waals surface area contributed by atoms with E-state index in [1.807, 2.05) is 23.7 Å². The molecule has 1 fully saturated rings. The first-order valence-electron chi connectivity index (χ1n) is 9.69. The van der Waals surface area contributed by atoms with Crippen LogP contribution in [0.15, 0.2) is 24.3 Å². The highest BCUT2D eigenvalue weighted by molar-refractivity contribution is 5.93. The Kier molecular flexibility index (Phi) is 8.26. The number of nitrogens with one attached hydrogen (secondary N) is 2. The Morgan fingerprint density at radius 3 is 2.61 bits per heavy atom. The number of benzene rings is 1. The molecule has 1 aliphatic heterocycles. The predicted molar refractivity (Wildman–Crippen MR) is 112 cm³/mol. The standard InChI is InChI=1S/C20H29N5O2.ClH/c1-14(2)16-4-6-18(7-5-16)27-13-12-22-20(26)19-15(3)25(24-23-19)17-8-10-21-11-9-17;/h4-7,14,17,21H,8-13H2,1-3H3,(H,22,26);1H. The fourth-order valence-corrected chi connectivity index (χ4v) is 3.31. The van der Waals surface area contributed by atoms with Crippen molar-refractivity contribution >= 4 is 18.3 Å². The zero-order chi connectivity index (χ0) is 19.2. The first-order valence-corrected chi connectivity index (χ1v) is 9.69. The smallest absolute Gasteiger partial charge is 0.273 e. The van der Waals surface area contributed by atoms with Crippen molar-refractivity contribution in [3.05, 3.63) is 41.2 Å². The Morgan fingerprint density at radius 1 is 1.29 bits per heavy atom. The number of aromatic nitrogens is 3. The number of ether oxygens (including phenoxy) is 1. The van der Waals surface area contributed by atoms with E-state index in [-0.39, 0.29) is 18.3 Å². The molecule has 1 aromatic carbocycles. The predicted octanol–water partition coefficient (Wildman–Crippen LogP) is 2.87. The SMILES string of the molecule is Cc1c(C(=O)NCCOc2ccc(C(C)C)cc2)nnn1C1CCNCC1.Cl. The van der Waals surface area contributed by atoms with Crippen LogP contribution in [0.3, 0.4) is 0 Å². The van der Waals surface area contributed by atoms with Crippen molar-refractivity contribution in [2.45, 2.75) is 45.6 Å². The maximum atomic E-state index is 12.4. The van der Waals surface area contributed by atoms with Gasteiger partial charge in [0.15, 0.2) is 5.69 Å². The van der Waals surface area contributed by atoms with Crippen molar-refractivity contribution in [2.75, 3.05) is 26.2 Å². The molecule has 1 aromatic heterocycles. The third-order valence-electron chi connectivity index (χ3n) is 5.00. The molecule has 1 amide bonds. The van der Waals surface area contributed by atoms with Crippen LogP contribution in [-0.4, -0.2) is 47.1 Å². The molecule has 0 spiro atoms. The fourth-order valence-electron chi connectivity index (χ4n) is 3.31.